The molecule has 0 aliphatic rings. The number of thiazole rings is 1. The molecule has 3 aromatic carbocycles. The van der Waals surface area contributed by atoms with Crippen LogP contribution in [0, 0.1) is 0 Å². The van der Waals surface area contributed by atoms with Crippen molar-refractivity contribution in [2.24, 2.45) is 4.99 Å². The van der Waals surface area contributed by atoms with E-state index in [1.165, 1.54) is 11.3 Å². The number of amides is 1. The van der Waals surface area contributed by atoms with E-state index in [2.05, 4.69) is 55.8 Å². The lowest BCUT2D eigenvalue weighted by molar-refractivity contribution is -0.117. The summed E-state index contributed by atoms with van der Waals surface area (Å²) in [6.45, 7) is 3.89. The summed E-state index contributed by atoms with van der Waals surface area (Å²) in [5.41, 5.74) is 2.07. The third-order valence-electron chi connectivity index (χ3n) is 4.75. The van der Waals surface area contributed by atoms with Gasteiger partial charge in [0.1, 0.15) is 0 Å². The van der Waals surface area contributed by atoms with E-state index in [0.717, 1.165) is 31.0 Å². The predicted octanol–water partition coefficient (Wildman–Crippen LogP) is 5.33. The Morgan fingerprint density at radius 2 is 1.97 bits per heavy atom. The molecule has 0 fully saturated rings. The van der Waals surface area contributed by atoms with Crippen molar-refractivity contribution in [1.29, 1.82) is 0 Å². The van der Waals surface area contributed by atoms with Crippen LogP contribution in [-0.2, 0) is 22.5 Å². The summed E-state index contributed by atoms with van der Waals surface area (Å²) in [6, 6.07) is 20.3. The molecule has 0 radical (unpaired) electrons. The summed E-state index contributed by atoms with van der Waals surface area (Å²) < 4.78 is 9.71. The average Bonchev–Trinajstić information content (AvgIpc) is 3.04. The molecule has 0 aliphatic carbocycles. The molecule has 0 aliphatic heterocycles. The van der Waals surface area contributed by atoms with E-state index < -0.39 is 0 Å². The van der Waals surface area contributed by atoms with E-state index >= 15 is 0 Å². The number of nitrogens with zero attached hydrogens (tertiary/aromatic N) is 2. The number of rotatable bonds is 6. The number of hydrogen-bond acceptors (Lipinski definition) is 3. The molecule has 0 bridgehead atoms. The van der Waals surface area contributed by atoms with Gasteiger partial charge in [-0.05, 0) is 41.5 Å². The predicted molar refractivity (Wildman–Crippen MR) is 122 cm³/mol. The van der Waals surface area contributed by atoms with Gasteiger partial charge in [0.2, 0.25) is 0 Å². The molecule has 0 unspecified atom stereocenters. The highest BCUT2D eigenvalue weighted by Crippen LogP contribution is 2.23. The van der Waals surface area contributed by atoms with E-state index in [0.29, 0.717) is 24.6 Å². The number of fused-ring (bicyclic) bond motifs is 2. The normalized spacial score (nSPS) is 12.1. The van der Waals surface area contributed by atoms with Crippen LogP contribution in [0.5, 0.6) is 0 Å². The first-order valence-electron chi connectivity index (χ1n) is 9.56. The molecule has 1 heterocycles. The number of aromatic nitrogens is 1. The van der Waals surface area contributed by atoms with Gasteiger partial charge in [-0.15, -0.1) is 0 Å². The maximum Gasteiger partial charge on any atom is 0.252 e. The zero-order valence-electron chi connectivity index (χ0n) is 16.1. The summed E-state index contributed by atoms with van der Waals surface area (Å²) in [6.07, 6.45) is 0.282. The van der Waals surface area contributed by atoms with E-state index in [-0.39, 0.29) is 12.3 Å². The van der Waals surface area contributed by atoms with Crippen molar-refractivity contribution < 1.29 is 9.53 Å². The minimum absolute atomic E-state index is 0.142. The van der Waals surface area contributed by atoms with E-state index in [4.69, 9.17) is 4.74 Å². The highest BCUT2D eigenvalue weighted by Gasteiger charge is 2.10. The number of benzene rings is 3. The fraction of sp³-hybridized carbons (Fsp3) is 0.217. The minimum Gasteiger partial charge on any atom is -0.380 e. The monoisotopic (exact) mass is 468 g/mol. The first-order chi connectivity index (χ1) is 14.2. The molecule has 0 N–H and O–H groups in total. The molecule has 148 valence electrons. The highest BCUT2D eigenvalue weighted by molar-refractivity contribution is 9.10. The third-order valence-corrected chi connectivity index (χ3v) is 6.28. The van der Waals surface area contributed by atoms with Gasteiger partial charge in [0.05, 0.1) is 23.2 Å². The SMILES string of the molecule is CCOCCn1c(=NC(=O)Cc2cccc3ccccc23)sc2cc(Br)ccc21. The Labute approximate surface area is 181 Å². The van der Waals surface area contributed by atoms with Crippen molar-refractivity contribution in [2.45, 2.75) is 19.9 Å². The van der Waals surface area contributed by atoms with Crippen LogP contribution in [0.25, 0.3) is 21.0 Å². The van der Waals surface area contributed by atoms with Gasteiger partial charge >= 0.3 is 0 Å². The molecule has 4 rings (SSSR count). The summed E-state index contributed by atoms with van der Waals surface area (Å²) in [5, 5.41) is 2.24. The molecule has 29 heavy (non-hydrogen) atoms. The molecular formula is C23H21BrN2O2S. The second-order valence-corrected chi connectivity index (χ2v) is 8.59. The molecule has 0 spiro atoms. The van der Waals surface area contributed by atoms with Crippen molar-refractivity contribution in [1.82, 2.24) is 4.57 Å². The van der Waals surface area contributed by atoms with Crippen LogP contribution in [0.1, 0.15) is 12.5 Å². The minimum atomic E-state index is -0.142. The van der Waals surface area contributed by atoms with Crippen molar-refractivity contribution in [2.75, 3.05) is 13.2 Å². The standard InChI is InChI=1S/C23H21BrN2O2S/c1-2-28-13-12-26-20-11-10-18(24)15-21(20)29-23(26)25-22(27)14-17-8-5-7-16-6-3-4-9-19(16)17/h3-11,15H,2,12-14H2,1H3. The number of ether oxygens (including phenoxy) is 1. The van der Waals surface area contributed by atoms with E-state index in [1.807, 2.05) is 37.3 Å². The van der Waals surface area contributed by atoms with E-state index in [1.54, 1.807) is 0 Å². The molecule has 1 amide bonds. The smallest absolute Gasteiger partial charge is 0.252 e. The second kappa shape index (κ2) is 9.03. The van der Waals surface area contributed by atoms with Crippen LogP contribution in [0.2, 0.25) is 0 Å². The lowest BCUT2D eigenvalue weighted by Gasteiger charge is -2.06. The van der Waals surface area contributed by atoms with Crippen LogP contribution in [0.4, 0.5) is 0 Å². The Kier molecular flexibility index (Phi) is 6.23. The second-order valence-electron chi connectivity index (χ2n) is 6.67. The summed E-state index contributed by atoms with van der Waals surface area (Å²) in [7, 11) is 0. The Bertz CT molecular complexity index is 1240. The maximum atomic E-state index is 12.8. The van der Waals surface area contributed by atoms with Crippen molar-refractivity contribution in [3.8, 4) is 0 Å². The summed E-state index contributed by atoms with van der Waals surface area (Å²) >= 11 is 5.05. The third kappa shape index (κ3) is 4.50. The lowest BCUT2D eigenvalue weighted by Crippen LogP contribution is -2.20. The highest BCUT2D eigenvalue weighted by atomic mass is 79.9. The van der Waals surface area contributed by atoms with Crippen molar-refractivity contribution in [3.05, 3.63) is 75.5 Å². The summed E-state index contributed by atoms with van der Waals surface area (Å²) in [5.74, 6) is -0.142. The van der Waals surface area contributed by atoms with E-state index in [9.17, 15) is 4.79 Å². The largest absolute Gasteiger partial charge is 0.380 e. The Hall–Kier alpha value is -2.28. The fourth-order valence-electron chi connectivity index (χ4n) is 3.40. The number of carbonyl (C=O) groups is 1. The van der Waals surface area contributed by atoms with Gasteiger partial charge in [0, 0.05) is 17.6 Å². The summed E-state index contributed by atoms with van der Waals surface area (Å²) in [4.78, 5) is 18.0. The van der Waals surface area contributed by atoms with Gasteiger partial charge in [0.25, 0.3) is 5.91 Å². The zero-order chi connectivity index (χ0) is 20.2. The molecule has 6 heteroatoms. The molecule has 0 saturated carbocycles. The Balaban J connectivity index is 1.70. The lowest BCUT2D eigenvalue weighted by atomic mass is 10.0. The average molecular weight is 469 g/mol. The first-order valence-corrected chi connectivity index (χ1v) is 11.2. The number of hydrogen-bond donors (Lipinski definition) is 0. The van der Waals surface area contributed by atoms with Crippen LogP contribution in [0.3, 0.4) is 0 Å². The number of halogens is 1. The Morgan fingerprint density at radius 3 is 2.83 bits per heavy atom. The van der Waals surface area contributed by atoms with Crippen LogP contribution < -0.4 is 4.80 Å². The van der Waals surface area contributed by atoms with Gasteiger partial charge < -0.3 is 9.30 Å². The number of carbonyl (C=O) groups excluding carboxylic acids is 1. The molecule has 0 atom stereocenters. The Morgan fingerprint density at radius 1 is 1.14 bits per heavy atom. The zero-order valence-corrected chi connectivity index (χ0v) is 18.5. The first kappa shape index (κ1) is 20.0. The van der Waals surface area contributed by atoms with Gasteiger partial charge in [0.15, 0.2) is 4.80 Å². The van der Waals surface area contributed by atoms with Crippen molar-refractivity contribution in [3.63, 3.8) is 0 Å². The molecule has 4 aromatic rings. The van der Waals surface area contributed by atoms with Gasteiger partial charge in [-0.3, -0.25) is 4.79 Å². The van der Waals surface area contributed by atoms with Crippen LogP contribution in [-0.4, -0.2) is 23.7 Å². The quantitative estimate of drug-likeness (QED) is 0.359. The molecule has 1 aromatic heterocycles. The fourth-order valence-corrected chi connectivity index (χ4v) is 5.03. The van der Waals surface area contributed by atoms with Crippen LogP contribution in [0.15, 0.2) is 70.1 Å². The van der Waals surface area contributed by atoms with Gasteiger partial charge in [-0.25, -0.2) is 0 Å². The maximum absolute atomic E-state index is 12.8. The van der Waals surface area contributed by atoms with Gasteiger partial charge in [-0.2, -0.15) is 4.99 Å². The van der Waals surface area contributed by atoms with Crippen LogP contribution >= 0.6 is 27.3 Å². The molecule has 0 saturated heterocycles. The molecule has 4 nitrogen and oxygen atoms in total. The van der Waals surface area contributed by atoms with Gasteiger partial charge in [-0.1, -0.05) is 69.7 Å². The van der Waals surface area contributed by atoms with Crippen molar-refractivity contribution >= 4 is 54.2 Å². The molecular weight excluding hydrogens is 448 g/mol. The topological polar surface area (TPSA) is 43.6 Å².